The van der Waals surface area contributed by atoms with Gasteiger partial charge >= 0.3 is 0 Å². The Morgan fingerprint density at radius 2 is 1.97 bits per heavy atom. The molecule has 1 aliphatic heterocycles. The van der Waals surface area contributed by atoms with Gasteiger partial charge in [0.05, 0.1) is 11.8 Å². The van der Waals surface area contributed by atoms with Crippen molar-refractivity contribution in [2.45, 2.75) is 26.0 Å². The number of nitrogens with zero attached hydrogens (tertiary/aromatic N) is 4. The highest BCUT2D eigenvalue weighted by Gasteiger charge is 2.20. The van der Waals surface area contributed by atoms with Crippen LogP contribution in [0.2, 0.25) is 0 Å². The lowest BCUT2D eigenvalue weighted by Gasteiger charge is -2.36. The topological polar surface area (TPSA) is 66.1 Å². The quantitative estimate of drug-likeness (QED) is 0.253. The van der Waals surface area contributed by atoms with Crippen LogP contribution >= 0.6 is 24.0 Å². The van der Waals surface area contributed by atoms with Gasteiger partial charge in [-0.15, -0.1) is 24.0 Å². The molecule has 0 amide bonds. The second-order valence-corrected chi connectivity index (χ2v) is 7.01. The Kier molecular flexibility index (Phi) is 10.4. The summed E-state index contributed by atoms with van der Waals surface area (Å²) in [4.78, 5) is 9.14. The van der Waals surface area contributed by atoms with E-state index in [2.05, 4.69) is 44.3 Å². The van der Waals surface area contributed by atoms with Gasteiger partial charge in [0, 0.05) is 59.0 Å². The van der Waals surface area contributed by atoms with Crippen LogP contribution in [0.4, 0.5) is 0 Å². The highest BCUT2D eigenvalue weighted by atomic mass is 127. The fraction of sp³-hybridized carbons (Fsp3) is 0.524. The third kappa shape index (κ3) is 7.60. The number of hydrogen-bond donors (Lipinski definition) is 1. The zero-order chi connectivity index (χ0) is 19.6. The van der Waals surface area contributed by atoms with Gasteiger partial charge in [-0.05, 0) is 18.9 Å². The molecule has 1 unspecified atom stereocenters. The molecule has 7 nitrogen and oxygen atoms in total. The second kappa shape index (κ2) is 12.8. The molecule has 1 aromatic heterocycles. The predicted molar refractivity (Wildman–Crippen MR) is 126 cm³/mol. The van der Waals surface area contributed by atoms with Gasteiger partial charge in [0.1, 0.15) is 6.26 Å². The van der Waals surface area contributed by atoms with Crippen LogP contribution in [0.3, 0.4) is 0 Å². The Hall–Kier alpha value is -1.65. The molecule has 1 aliphatic rings. The smallest absolute Gasteiger partial charge is 0.193 e. The van der Waals surface area contributed by atoms with Crippen LogP contribution in [-0.2, 0) is 11.3 Å². The van der Waals surface area contributed by atoms with Crippen molar-refractivity contribution in [1.82, 2.24) is 20.3 Å². The number of aromatic nitrogens is 1. The summed E-state index contributed by atoms with van der Waals surface area (Å²) in [6, 6.07) is 12.3. The molecule has 0 bridgehead atoms. The molecule has 0 saturated carbocycles. The van der Waals surface area contributed by atoms with Gasteiger partial charge in [-0.2, -0.15) is 0 Å². The van der Waals surface area contributed by atoms with Crippen molar-refractivity contribution in [2.75, 3.05) is 46.4 Å². The van der Waals surface area contributed by atoms with Gasteiger partial charge in [0.15, 0.2) is 5.96 Å². The number of aliphatic imine (C=N–C) groups is 1. The fourth-order valence-electron chi connectivity index (χ4n) is 3.35. The Morgan fingerprint density at radius 1 is 1.21 bits per heavy atom. The van der Waals surface area contributed by atoms with Crippen LogP contribution in [0.5, 0.6) is 0 Å². The Labute approximate surface area is 190 Å². The molecule has 2 heterocycles. The second-order valence-electron chi connectivity index (χ2n) is 7.01. The SMILES string of the molecule is CN=C(NCCCOC(C)c1ccccc1)N1CCN(Cc2ccon2)CC1.I. The molecule has 0 radical (unpaired) electrons. The van der Waals surface area contributed by atoms with E-state index in [0.29, 0.717) is 0 Å². The lowest BCUT2D eigenvalue weighted by atomic mass is 10.1. The van der Waals surface area contributed by atoms with E-state index in [1.54, 1.807) is 6.26 Å². The number of piperazine rings is 1. The minimum Gasteiger partial charge on any atom is -0.374 e. The van der Waals surface area contributed by atoms with Crippen molar-refractivity contribution < 1.29 is 9.26 Å². The molecule has 29 heavy (non-hydrogen) atoms. The van der Waals surface area contributed by atoms with E-state index in [9.17, 15) is 0 Å². The van der Waals surface area contributed by atoms with Crippen LogP contribution in [0.1, 0.15) is 30.7 Å². The largest absolute Gasteiger partial charge is 0.374 e. The summed E-state index contributed by atoms with van der Waals surface area (Å²) in [5.74, 6) is 0.970. The molecular formula is C21H32IN5O2. The third-order valence-electron chi connectivity index (χ3n) is 5.00. The average molecular weight is 513 g/mol. The van der Waals surface area contributed by atoms with Crippen molar-refractivity contribution in [2.24, 2.45) is 4.99 Å². The third-order valence-corrected chi connectivity index (χ3v) is 5.00. The number of halogens is 1. The standard InChI is InChI=1S/C21H31N5O2.HI/c1-18(19-7-4-3-5-8-19)27-15-6-10-23-21(22-2)26-13-11-25(12-14-26)17-20-9-16-28-24-20;/h3-5,7-9,16,18H,6,10-15,17H2,1-2H3,(H,22,23);1H. The number of nitrogens with one attached hydrogen (secondary N) is 1. The van der Waals surface area contributed by atoms with Gasteiger partial charge in [-0.25, -0.2) is 0 Å². The molecule has 0 spiro atoms. The van der Waals surface area contributed by atoms with Crippen LogP contribution in [0.15, 0.2) is 52.2 Å². The van der Waals surface area contributed by atoms with E-state index in [1.165, 1.54) is 5.56 Å². The summed E-state index contributed by atoms with van der Waals surface area (Å²) in [7, 11) is 1.85. The number of hydrogen-bond acceptors (Lipinski definition) is 5. The van der Waals surface area contributed by atoms with Gasteiger partial charge in [0.2, 0.25) is 0 Å². The highest BCUT2D eigenvalue weighted by molar-refractivity contribution is 14.0. The molecule has 1 aromatic carbocycles. The van der Waals surface area contributed by atoms with Gasteiger partial charge in [-0.3, -0.25) is 9.89 Å². The first kappa shape index (κ1) is 23.6. The van der Waals surface area contributed by atoms with Gasteiger partial charge in [-0.1, -0.05) is 35.5 Å². The summed E-state index contributed by atoms with van der Waals surface area (Å²) in [6.45, 7) is 8.42. The Balaban J connectivity index is 0.00000300. The summed E-state index contributed by atoms with van der Waals surface area (Å²) in [6.07, 6.45) is 2.70. The first-order valence-electron chi connectivity index (χ1n) is 10.00. The zero-order valence-corrected chi connectivity index (χ0v) is 19.6. The molecule has 8 heteroatoms. The summed E-state index contributed by atoms with van der Waals surface area (Å²) in [5.41, 5.74) is 2.20. The molecule has 1 saturated heterocycles. The first-order chi connectivity index (χ1) is 13.8. The summed E-state index contributed by atoms with van der Waals surface area (Å²) >= 11 is 0. The van der Waals surface area contributed by atoms with Crippen LogP contribution in [0, 0.1) is 0 Å². The molecule has 160 valence electrons. The molecule has 1 atom stereocenters. The van der Waals surface area contributed by atoms with E-state index in [1.807, 2.05) is 31.3 Å². The molecule has 1 N–H and O–H groups in total. The van der Waals surface area contributed by atoms with Crippen LogP contribution < -0.4 is 5.32 Å². The normalized spacial score (nSPS) is 16.3. The predicted octanol–water partition coefficient (Wildman–Crippen LogP) is 3.15. The van der Waals surface area contributed by atoms with E-state index in [-0.39, 0.29) is 30.1 Å². The van der Waals surface area contributed by atoms with Gasteiger partial charge in [0.25, 0.3) is 0 Å². The van der Waals surface area contributed by atoms with E-state index in [4.69, 9.17) is 9.26 Å². The maximum Gasteiger partial charge on any atom is 0.193 e. The lowest BCUT2D eigenvalue weighted by Crippen LogP contribution is -2.52. The maximum absolute atomic E-state index is 5.94. The molecule has 2 aromatic rings. The first-order valence-corrected chi connectivity index (χ1v) is 10.00. The average Bonchev–Trinajstić information content (AvgIpc) is 3.25. The fourth-order valence-corrected chi connectivity index (χ4v) is 3.35. The molecule has 0 aliphatic carbocycles. The summed E-state index contributed by atoms with van der Waals surface area (Å²) < 4.78 is 10.8. The van der Waals surface area contributed by atoms with E-state index < -0.39 is 0 Å². The maximum atomic E-state index is 5.94. The van der Waals surface area contributed by atoms with Crippen LogP contribution in [0.25, 0.3) is 0 Å². The van der Waals surface area contributed by atoms with Crippen molar-refractivity contribution in [3.63, 3.8) is 0 Å². The van der Waals surface area contributed by atoms with Crippen molar-refractivity contribution in [3.05, 3.63) is 53.9 Å². The Bertz CT molecular complexity index is 703. The lowest BCUT2D eigenvalue weighted by molar-refractivity contribution is 0.0645. The molecule has 1 fully saturated rings. The van der Waals surface area contributed by atoms with Crippen molar-refractivity contribution in [3.8, 4) is 0 Å². The zero-order valence-electron chi connectivity index (χ0n) is 17.3. The number of rotatable bonds is 8. The van der Waals surface area contributed by atoms with E-state index in [0.717, 1.165) is 63.9 Å². The summed E-state index contributed by atoms with van der Waals surface area (Å²) in [5, 5.41) is 7.46. The van der Waals surface area contributed by atoms with Gasteiger partial charge < -0.3 is 19.5 Å². The highest BCUT2D eigenvalue weighted by Crippen LogP contribution is 2.15. The number of guanidine groups is 1. The number of benzene rings is 1. The number of ether oxygens (including phenoxy) is 1. The minimum absolute atomic E-state index is 0. The minimum atomic E-state index is 0. The molecular weight excluding hydrogens is 481 g/mol. The monoisotopic (exact) mass is 513 g/mol. The Morgan fingerprint density at radius 3 is 2.62 bits per heavy atom. The van der Waals surface area contributed by atoms with E-state index >= 15 is 0 Å². The van der Waals surface area contributed by atoms with Crippen LogP contribution in [-0.4, -0.2) is 67.3 Å². The molecule has 3 rings (SSSR count). The van der Waals surface area contributed by atoms with Crippen molar-refractivity contribution in [1.29, 1.82) is 0 Å². The van der Waals surface area contributed by atoms with Crippen molar-refractivity contribution >= 4 is 29.9 Å².